The fourth-order valence-corrected chi connectivity index (χ4v) is 2.51. The van der Waals surface area contributed by atoms with Crippen LogP contribution in [0.25, 0.3) is 0 Å². The summed E-state index contributed by atoms with van der Waals surface area (Å²) in [6.07, 6.45) is 0. The maximum atomic E-state index is 12.3. The summed E-state index contributed by atoms with van der Waals surface area (Å²) in [5.41, 5.74) is 1.57. The Bertz CT molecular complexity index is 526. The highest BCUT2D eigenvalue weighted by Crippen LogP contribution is 2.31. The van der Waals surface area contributed by atoms with Gasteiger partial charge in [-0.3, -0.25) is 14.7 Å². The van der Waals surface area contributed by atoms with E-state index in [1.54, 1.807) is 11.0 Å². The molecule has 0 atom stereocenters. The molecule has 0 spiro atoms. The molecule has 17 heavy (non-hydrogen) atoms. The Labute approximate surface area is 104 Å². The van der Waals surface area contributed by atoms with Gasteiger partial charge in [-0.05, 0) is 25.1 Å². The number of benzene rings is 1. The van der Waals surface area contributed by atoms with Gasteiger partial charge in [0, 0.05) is 18.1 Å². The smallest absolute Gasteiger partial charge is 0.262 e. The monoisotopic (exact) mass is 249 g/mol. The van der Waals surface area contributed by atoms with Crippen LogP contribution in [0, 0.1) is 0 Å². The molecule has 2 aliphatic heterocycles. The molecule has 0 unspecified atom stereocenters. The van der Waals surface area contributed by atoms with E-state index in [0.717, 1.165) is 18.2 Å². The third-order valence-corrected chi connectivity index (χ3v) is 3.34. The van der Waals surface area contributed by atoms with Crippen molar-refractivity contribution in [1.82, 2.24) is 4.90 Å². The number of guanidine groups is 1. The highest BCUT2D eigenvalue weighted by molar-refractivity contribution is 6.31. The maximum absolute atomic E-state index is 12.3. The maximum Gasteiger partial charge on any atom is 0.262 e. The first-order chi connectivity index (χ1) is 8.22. The third kappa shape index (κ3) is 1.44. The van der Waals surface area contributed by atoms with Crippen LogP contribution in [0.5, 0.6) is 0 Å². The number of nitrogens with zero attached hydrogens (tertiary/aromatic N) is 3. The second kappa shape index (κ2) is 3.74. The van der Waals surface area contributed by atoms with Crippen molar-refractivity contribution in [1.29, 1.82) is 0 Å². The molecule has 88 valence electrons. The molecule has 2 heterocycles. The normalized spacial score (nSPS) is 18.0. The molecule has 0 radical (unpaired) electrons. The molecule has 1 amide bonds. The lowest BCUT2D eigenvalue weighted by molar-refractivity contribution is 0.0852. The van der Waals surface area contributed by atoms with E-state index < -0.39 is 0 Å². The second-order valence-electron chi connectivity index (χ2n) is 4.04. The van der Waals surface area contributed by atoms with Crippen LogP contribution in [0.15, 0.2) is 23.2 Å². The quantitative estimate of drug-likeness (QED) is 0.763. The molecule has 1 aromatic rings. The van der Waals surface area contributed by atoms with Gasteiger partial charge >= 0.3 is 0 Å². The standard InChI is InChI=1S/C12H12ClN3O/c1-2-15-10-4-3-8(13)7-9(10)11(17)16-6-5-14-12(15)16/h3-4,7H,2,5-6H2,1H3. The van der Waals surface area contributed by atoms with Crippen molar-refractivity contribution >= 4 is 29.2 Å². The van der Waals surface area contributed by atoms with Crippen molar-refractivity contribution in [3.05, 3.63) is 28.8 Å². The zero-order chi connectivity index (χ0) is 12.0. The zero-order valence-electron chi connectivity index (χ0n) is 9.48. The molecule has 5 heteroatoms. The van der Waals surface area contributed by atoms with Gasteiger partial charge in [0.1, 0.15) is 0 Å². The van der Waals surface area contributed by atoms with Gasteiger partial charge in [0.2, 0.25) is 5.96 Å². The van der Waals surface area contributed by atoms with Gasteiger partial charge in [-0.1, -0.05) is 11.6 Å². The number of carbonyl (C=O) groups excluding carboxylic acids is 1. The molecule has 1 aromatic carbocycles. The molecule has 3 rings (SSSR count). The van der Waals surface area contributed by atoms with E-state index in [2.05, 4.69) is 9.89 Å². The van der Waals surface area contributed by atoms with Crippen LogP contribution in [0.1, 0.15) is 17.3 Å². The average Bonchev–Trinajstić information content (AvgIpc) is 2.80. The van der Waals surface area contributed by atoms with Crippen LogP contribution in [0.4, 0.5) is 5.69 Å². The highest BCUT2D eigenvalue weighted by atomic mass is 35.5. The minimum atomic E-state index is 0.00319. The van der Waals surface area contributed by atoms with Crippen LogP contribution in [-0.2, 0) is 0 Å². The van der Waals surface area contributed by atoms with E-state index in [4.69, 9.17) is 11.6 Å². The number of fused-ring (bicyclic) bond motifs is 2. The van der Waals surface area contributed by atoms with E-state index in [-0.39, 0.29) is 5.91 Å². The van der Waals surface area contributed by atoms with E-state index in [0.29, 0.717) is 23.7 Å². The van der Waals surface area contributed by atoms with E-state index >= 15 is 0 Å². The zero-order valence-corrected chi connectivity index (χ0v) is 10.2. The number of anilines is 1. The van der Waals surface area contributed by atoms with E-state index in [1.807, 2.05) is 19.1 Å². The van der Waals surface area contributed by atoms with Crippen molar-refractivity contribution in [2.24, 2.45) is 4.99 Å². The number of carbonyl (C=O) groups is 1. The summed E-state index contributed by atoms with van der Waals surface area (Å²) in [7, 11) is 0. The molecule has 4 nitrogen and oxygen atoms in total. The van der Waals surface area contributed by atoms with Crippen LogP contribution in [0.3, 0.4) is 0 Å². The minimum absolute atomic E-state index is 0.00319. The first-order valence-electron chi connectivity index (χ1n) is 5.65. The lowest BCUT2D eigenvalue weighted by Gasteiger charge is -2.35. The lowest BCUT2D eigenvalue weighted by atomic mass is 10.1. The molecular weight excluding hydrogens is 238 g/mol. The molecular formula is C12H12ClN3O. The van der Waals surface area contributed by atoms with Gasteiger partial charge in [-0.25, -0.2) is 0 Å². The SMILES string of the molecule is CCN1C2=NCCN2C(=O)c2cc(Cl)ccc21. The average molecular weight is 250 g/mol. The lowest BCUT2D eigenvalue weighted by Crippen LogP contribution is -2.49. The number of amides is 1. The molecule has 0 N–H and O–H groups in total. The topological polar surface area (TPSA) is 35.9 Å². The largest absolute Gasteiger partial charge is 0.312 e. The first-order valence-corrected chi connectivity index (χ1v) is 6.03. The summed E-state index contributed by atoms with van der Waals surface area (Å²) in [6, 6.07) is 5.43. The predicted octanol–water partition coefficient (Wildman–Crippen LogP) is 1.99. The number of rotatable bonds is 1. The van der Waals surface area contributed by atoms with Gasteiger partial charge in [-0.2, -0.15) is 0 Å². The molecule has 0 bridgehead atoms. The fraction of sp³-hybridized carbons (Fsp3) is 0.333. The van der Waals surface area contributed by atoms with Gasteiger partial charge in [0.15, 0.2) is 0 Å². The van der Waals surface area contributed by atoms with Crippen LogP contribution >= 0.6 is 11.6 Å². The number of hydrogen-bond acceptors (Lipinski definition) is 3. The minimum Gasteiger partial charge on any atom is -0.312 e. The van der Waals surface area contributed by atoms with Gasteiger partial charge in [0.25, 0.3) is 5.91 Å². The molecule has 2 aliphatic rings. The number of halogens is 1. The summed E-state index contributed by atoms with van der Waals surface area (Å²) >= 11 is 5.96. The van der Waals surface area contributed by atoms with Gasteiger partial charge in [0.05, 0.1) is 17.8 Å². The molecule has 0 fully saturated rings. The van der Waals surface area contributed by atoms with Crippen molar-refractivity contribution in [3.63, 3.8) is 0 Å². The van der Waals surface area contributed by atoms with Crippen molar-refractivity contribution in [3.8, 4) is 0 Å². The third-order valence-electron chi connectivity index (χ3n) is 3.10. The second-order valence-corrected chi connectivity index (χ2v) is 4.48. The Morgan fingerprint density at radius 3 is 3.06 bits per heavy atom. The summed E-state index contributed by atoms with van der Waals surface area (Å²) in [6.45, 7) is 4.18. The van der Waals surface area contributed by atoms with Crippen molar-refractivity contribution in [2.45, 2.75) is 6.92 Å². The number of hydrogen-bond donors (Lipinski definition) is 0. The highest BCUT2D eigenvalue weighted by Gasteiger charge is 2.36. The Balaban J connectivity index is 2.20. The molecule has 0 aliphatic carbocycles. The van der Waals surface area contributed by atoms with Gasteiger partial charge in [-0.15, -0.1) is 0 Å². The van der Waals surface area contributed by atoms with Crippen LogP contribution < -0.4 is 4.90 Å². The van der Waals surface area contributed by atoms with Crippen LogP contribution in [0.2, 0.25) is 5.02 Å². The Kier molecular flexibility index (Phi) is 2.33. The van der Waals surface area contributed by atoms with Crippen molar-refractivity contribution in [2.75, 3.05) is 24.5 Å². The summed E-state index contributed by atoms with van der Waals surface area (Å²) in [4.78, 5) is 20.4. The fourth-order valence-electron chi connectivity index (χ4n) is 2.34. The molecule has 0 saturated heterocycles. The van der Waals surface area contributed by atoms with E-state index in [9.17, 15) is 4.79 Å². The first kappa shape index (κ1) is 10.6. The van der Waals surface area contributed by atoms with E-state index in [1.165, 1.54) is 0 Å². The Hall–Kier alpha value is -1.55. The summed E-state index contributed by atoms with van der Waals surface area (Å²) < 4.78 is 0. The summed E-state index contributed by atoms with van der Waals surface area (Å²) in [5, 5.41) is 0.590. The predicted molar refractivity (Wildman–Crippen MR) is 67.8 cm³/mol. The number of aliphatic imine (C=N–C) groups is 1. The van der Waals surface area contributed by atoms with Gasteiger partial charge < -0.3 is 4.90 Å². The summed E-state index contributed by atoms with van der Waals surface area (Å²) in [5.74, 6) is 0.774. The molecule has 0 saturated carbocycles. The van der Waals surface area contributed by atoms with Crippen LogP contribution in [-0.4, -0.2) is 36.4 Å². The Morgan fingerprint density at radius 1 is 1.47 bits per heavy atom. The van der Waals surface area contributed by atoms with Crippen molar-refractivity contribution < 1.29 is 4.79 Å². The molecule has 0 aromatic heterocycles. The Morgan fingerprint density at radius 2 is 2.29 bits per heavy atom.